The molecule has 1 heterocycles. The van der Waals surface area contributed by atoms with Crippen LogP contribution in [0.4, 0.5) is 14.5 Å². The van der Waals surface area contributed by atoms with Crippen molar-refractivity contribution in [2.45, 2.75) is 50.6 Å². The van der Waals surface area contributed by atoms with Crippen LogP contribution >= 0.6 is 11.6 Å². The molecule has 0 unspecified atom stereocenters. The van der Waals surface area contributed by atoms with Crippen LogP contribution < -0.4 is 5.32 Å². The van der Waals surface area contributed by atoms with E-state index in [9.17, 15) is 14.3 Å². The number of aromatic nitrogens is 1. The van der Waals surface area contributed by atoms with E-state index in [4.69, 9.17) is 11.6 Å². The normalized spacial score (nSPS) is 20.4. The van der Waals surface area contributed by atoms with Crippen LogP contribution in [0.25, 0.3) is 22.0 Å². The molecule has 2 aromatic carbocycles. The lowest BCUT2D eigenvalue weighted by atomic mass is 9.89. The number of phenols is 1. The Hall–Kier alpha value is -2.77. The second-order valence-electron chi connectivity index (χ2n) is 9.94. The van der Waals surface area contributed by atoms with E-state index in [0.717, 1.165) is 44.6 Å². The fraction of sp³-hybridized carbons (Fsp3) is 0.407. The number of nitrogens with one attached hydrogen (secondary N) is 1. The fourth-order valence-electron chi connectivity index (χ4n) is 5.00. The van der Waals surface area contributed by atoms with Gasteiger partial charge in [0.1, 0.15) is 5.82 Å². The molecule has 2 aliphatic rings. The Balaban J connectivity index is 1.60. The molecule has 0 atom stereocenters. The summed E-state index contributed by atoms with van der Waals surface area (Å²) < 4.78 is 29.3. The minimum absolute atomic E-state index is 0.00389. The van der Waals surface area contributed by atoms with E-state index in [1.54, 1.807) is 12.3 Å². The zero-order valence-corrected chi connectivity index (χ0v) is 20.5. The Labute approximate surface area is 208 Å². The molecule has 184 valence electrons. The smallest absolute Gasteiger partial charge is 0.170 e. The second kappa shape index (κ2) is 9.36. The molecule has 0 saturated heterocycles. The molecule has 1 aromatic heterocycles. The van der Waals surface area contributed by atoms with Gasteiger partial charge in [0.2, 0.25) is 0 Å². The molecule has 0 aliphatic heterocycles. The molecule has 0 amide bonds. The highest BCUT2D eigenvalue weighted by Crippen LogP contribution is 2.40. The summed E-state index contributed by atoms with van der Waals surface area (Å²) in [7, 11) is 4.19. The monoisotopic (exact) mass is 499 g/mol. The Morgan fingerprint density at radius 2 is 1.77 bits per heavy atom. The summed E-state index contributed by atoms with van der Waals surface area (Å²) in [5, 5.41) is 13.7. The van der Waals surface area contributed by atoms with Crippen LogP contribution in [0.1, 0.15) is 48.9 Å². The first-order valence-electron chi connectivity index (χ1n) is 12.0. The Bertz CT molecular complexity index is 1280. The third-order valence-electron chi connectivity index (χ3n) is 7.27. The number of hydrogen-bond acceptors (Lipinski definition) is 5. The third-order valence-corrected chi connectivity index (χ3v) is 7.56. The zero-order valence-electron chi connectivity index (χ0n) is 19.7. The summed E-state index contributed by atoms with van der Waals surface area (Å²) in [5.41, 5.74) is 1.90. The molecule has 0 radical (unpaired) electrons. The van der Waals surface area contributed by atoms with Gasteiger partial charge >= 0.3 is 0 Å². The number of halogens is 3. The molecule has 35 heavy (non-hydrogen) atoms. The highest BCUT2D eigenvalue weighted by molar-refractivity contribution is 6.32. The first kappa shape index (κ1) is 23.9. The average molecular weight is 500 g/mol. The topological polar surface area (TPSA) is 65.5 Å². The Morgan fingerprint density at radius 1 is 1.06 bits per heavy atom. The van der Waals surface area contributed by atoms with Crippen LogP contribution in [0, 0.1) is 17.6 Å². The predicted octanol–water partition coefficient (Wildman–Crippen LogP) is 6.42. The van der Waals surface area contributed by atoms with Crippen molar-refractivity contribution in [2.24, 2.45) is 5.92 Å². The predicted molar refractivity (Wildman–Crippen MR) is 134 cm³/mol. The van der Waals surface area contributed by atoms with Crippen molar-refractivity contribution in [1.82, 2.24) is 9.88 Å². The number of anilines is 1. The van der Waals surface area contributed by atoms with E-state index < -0.39 is 17.4 Å². The van der Waals surface area contributed by atoms with Crippen molar-refractivity contribution in [3.63, 3.8) is 0 Å². The number of pyridine rings is 1. The zero-order chi connectivity index (χ0) is 24.9. The molecule has 2 fully saturated rings. The van der Waals surface area contributed by atoms with E-state index in [0.29, 0.717) is 28.2 Å². The number of ketones is 1. The maximum atomic E-state index is 15.1. The van der Waals surface area contributed by atoms with Crippen LogP contribution in [0.3, 0.4) is 0 Å². The summed E-state index contributed by atoms with van der Waals surface area (Å²) in [4.78, 5) is 19.8. The molecular formula is C27H28ClF2N3O2. The first-order chi connectivity index (χ1) is 16.7. The van der Waals surface area contributed by atoms with Gasteiger partial charge < -0.3 is 15.3 Å². The quantitative estimate of drug-likeness (QED) is 0.383. The van der Waals surface area contributed by atoms with E-state index in [1.807, 2.05) is 0 Å². The van der Waals surface area contributed by atoms with Gasteiger partial charge in [-0.2, -0.15) is 0 Å². The number of fused-ring (bicyclic) bond motifs is 1. The number of carbonyl (C=O) groups excluding carboxylic acids is 1. The molecule has 0 bridgehead atoms. The van der Waals surface area contributed by atoms with Gasteiger partial charge in [-0.15, -0.1) is 0 Å². The summed E-state index contributed by atoms with van der Waals surface area (Å²) >= 11 is 5.96. The maximum Gasteiger partial charge on any atom is 0.170 e. The number of nitrogens with zero attached hydrogens (tertiary/aromatic N) is 2. The highest BCUT2D eigenvalue weighted by Gasteiger charge is 2.33. The minimum atomic E-state index is -0.932. The van der Waals surface area contributed by atoms with Crippen LogP contribution in [-0.4, -0.2) is 47.0 Å². The average Bonchev–Trinajstić information content (AvgIpc) is 3.67. The van der Waals surface area contributed by atoms with Gasteiger partial charge in [0.15, 0.2) is 17.3 Å². The van der Waals surface area contributed by atoms with Gasteiger partial charge in [0.25, 0.3) is 0 Å². The van der Waals surface area contributed by atoms with Crippen molar-refractivity contribution < 1.29 is 18.7 Å². The number of hydrogen-bond donors (Lipinski definition) is 2. The molecule has 5 rings (SSSR count). The first-order valence-corrected chi connectivity index (χ1v) is 12.4. The lowest BCUT2D eigenvalue weighted by Gasteiger charge is -2.34. The van der Waals surface area contributed by atoms with E-state index in [2.05, 4.69) is 29.3 Å². The summed E-state index contributed by atoms with van der Waals surface area (Å²) in [6.07, 6.45) is 7.28. The summed E-state index contributed by atoms with van der Waals surface area (Å²) in [5.74, 6) is -2.15. The van der Waals surface area contributed by atoms with Gasteiger partial charge in [-0.05, 0) is 76.4 Å². The number of rotatable bonds is 6. The molecule has 2 aliphatic carbocycles. The van der Waals surface area contributed by atoms with Crippen molar-refractivity contribution in [1.29, 1.82) is 0 Å². The number of Topliss-reactive ketones (excluding diaryl/α,β-unsaturated/α-hetero) is 1. The van der Waals surface area contributed by atoms with E-state index >= 15 is 4.39 Å². The molecule has 8 heteroatoms. The second-order valence-corrected chi connectivity index (χ2v) is 10.3. The van der Waals surface area contributed by atoms with Gasteiger partial charge in [-0.3, -0.25) is 9.78 Å². The van der Waals surface area contributed by atoms with Crippen LogP contribution in [0.5, 0.6) is 5.75 Å². The van der Waals surface area contributed by atoms with E-state index in [1.165, 1.54) is 12.1 Å². The molecule has 0 spiro atoms. The number of phenolic OH excluding ortho intramolecular Hbond substituents is 1. The highest BCUT2D eigenvalue weighted by atomic mass is 35.5. The molecule has 5 nitrogen and oxygen atoms in total. The molecule has 3 aromatic rings. The Morgan fingerprint density at radius 3 is 2.40 bits per heavy atom. The minimum Gasteiger partial charge on any atom is -0.504 e. The largest absolute Gasteiger partial charge is 0.504 e. The third kappa shape index (κ3) is 4.71. The van der Waals surface area contributed by atoms with Crippen molar-refractivity contribution in [3.8, 4) is 16.9 Å². The van der Waals surface area contributed by atoms with E-state index in [-0.39, 0.29) is 33.9 Å². The van der Waals surface area contributed by atoms with Crippen molar-refractivity contribution >= 4 is 34.0 Å². The van der Waals surface area contributed by atoms with Crippen molar-refractivity contribution in [3.05, 3.63) is 52.7 Å². The van der Waals surface area contributed by atoms with Crippen molar-refractivity contribution in [2.75, 3.05) is 19.4 Å². The SMILES string of the molecule is CN(C)C1CCC(Nc2c(C(=O)C3CC3)cnc3cc(F)c(-c4cc(F)c(O)c(Cl)c4)cc23)CC1. The van der Waals surface area contributed by atoms with Gasteiger partial charge in [0.05, 0.1) is 21.8 Å². The van der Waals surface area contributed by atoms with Gasteiger partial charge in [0, 0.05) is 41.2 Å². The van der Waals surface area contributed by atoms with Gasteiger partial charge in [-0.1, -0.05) is 11.6 Å². The number of carbonyl (C=O) groups is 1. The number of aromatic hydroxyl groups is 1. The standard InChI is InChI=1S/C27H28ClF2N3O2/c1-33(2)17-7-5-16(6-8-17)32-25-19-11-18(15-9-21(28)27(35)23(30)10-15)22(29)12-24(19)31-13-20(25)26(34)14-3-4-14/h9-14,16-17,35H,3-8H2,1-2H3,(H,31,32). The Kier molecular flexibility index (Phi) is 6.40. The fourth-order valence-corrected chi connectivity index (χ4v) is 5.21. The lowest BCUT2D eigenvalue weighted by molar-refractivity contribution is 0.0968. The maximum absolute atomic E-state index is 15.1. The molecule has 2 saturated carbocycles. The van der Waals surface area contributed by atoms with Gasteiger partial charge in [-0.25, -0.2) is 8.78 Å². The van der Waals surface area contributed by atoms with Crippen LogP contribution in [0.15, 0.2) is 30.5 Å². The molecular weight excluding hydrogens is 472 g/mol. The van der Waals surface area contributed by atoms with Crippen LogP contribution in [0.2, 0.25) is 5.02 Å². The number of benzene rings is 2. The molecule has 2 N–H and O–H groups in total. The summed E-state index contributed by atoms with van der Waals surface area (Å²) in [6.45, 7) is 0. The van der Waals surface area contributed by atoms with Crippen LogP contribution in [-0.2, 0) is 0 Å². The summed E-state index contributed by atoms with van der Waals surface area (Å²) in [6, 6.07) is 5.97. The lowest BCUT2D eigenvalue weighted by Crippen LogP contribution is -2.36.